The molecule has 1 aromatic carbocycles. The van der Waals surface area contributed by atoms with Crippen LogP contribution in [0, 0.1) is 0 Å². The van der Waals surface area contributed by atoms with E-state index in [0.29, 0.717) is 5.15 Å². The monoisotopic (exact) mass is 290 g/mol. The molecule has 1 N–H and O–H groups in total. The molecule has 0 fully saturated rings. The second kappa shape index (κ2) is 5.50. The van der Waals surface area contributed by atoms with Gasteiger partial charge in [-0.25, -0.2) is 4.98 Å². The molecule has 0 atom stereocenters. The van der Waals surface area contributed by atoms with E-state index in [-0.39, 0.29) is 0 Å². The minimum absolute atomic E-state index is 0.432. The molecule has 3 rings (SSSR count). The van der Waals surface area contributed by atoms with Crippen LogP contribution in [0.15, 0.2) is 35.8 Å². The van der Waals surface area contributed by atoms with Gasteiger partial charge < -0.3 is 5.32 Å². The van der Waals surface area contributed by atoms with Gasteiger partial charge in [-0.2, -0.15) is 0 Å². The van der Waals surface area contributed by atoms with E-state index < -0.39 is 0 Å². The first-order valence-corrected chi connectivity index (χ1v) is 7.13. The number of nitrogens with one attached hydrogen (secondary N) is 1. The van der Waals surface area contributed by atoms with Crippen molar-refractivity contribution in [2.75, 3.05) is 11.9 Å². The van der Waals surface area contributed by atoms with Crippen LogP contribution >= 0.6 is 22.9 Å². The average Bonchev–Trinajstić information content (AvgIpc) is 2.95. The summed E-state index contributed by atoms with van der Waals surface area (Å²) in [7, 11) is 0. The zero-order valence-electron chi connectivity index (χ0n) is 10.0. The first-order valence-electron chi connectivity index (χ1n) is 5.88. The molecule has 0 saturated heterocycles. The van der Waals surface area contributed by atoms with Crippen LogP contribution in [0.4, 0.5) is 5.82 Å². The second-order valence-electron chi connectivity index (χ2n) is 3.99. The van der Waals surface area contributed by atoms with Crippen LogP contribution in [-0.2, 0) is 6.42 Å². The summed E-state index contributed by atoms with van der Waals surface area (Å²) in [5.74, 6) is 0.761. The molecule has 0 amide bonds. The zero-order valence-corrected chi connectivity index (χ0v) is 11.6. The fourth-order valence-electron chi connectivity index (χ4n) is 1.87. The molecule has 0 aliphatic rings. The Labute approximate surface area is 119 Å². The molecule has 4 nitrogen and oxygen atoms in total. The number of hydrogen-bond donors (Lipinski definition) is 1. The summed E-state index contributed by atoms with van der Waals surface area (Å²) in [6.07, 6.45) is 2.69. The molecule has 2 aromatic heterocycles. The van der Waals surface area contributed by atoms with Crippen molar-refractivity contribution < 1.29 is 0 Å². The first kappa shape index (κ1) is 12.3. The van der Waals surface area contributed by atoms with Gasteiger partial charge in [0.25, 0.3) is 0 Å². The Morgan fingerprint density at radius 1 is 1.16 bits per heavy atom. The van der Waals surface area contributed by atoms with Crippen LogP contribution in [0.5, 0.6) is 0 Å². The topological polar surface area (TPSA) is 50.7 Å². The number of halogens is 1. The molecule has 0 unspecified atom stereocenters. The van der Waals surface area contributed by atoms with Crippen LogP contribution < -0.4 is 5.32 Å². The largest absolute Gasteiger partial charge is 0.368 e. The van der Waals surface area contributed by atoms with Crippen LogP contribution in [0.2, 0.25) is 5.15 Å². The maximum atomic E-state index is 6.03. The van der Waals surface area contributed by atoms with Gasteiger partial charge >= 0.3 is 0 Å². The highest BCUT2D eigenvalue weighted by molar-refractivity contribution is 7.09. The Bertz CT molecular complexity index is 684. The van der Waals surface area contributed by atoms with E-state index in [4.69, 9.17) is 11.6 Å². The predicted octanol–water partition coefficient (Wildman–Crippen LogP) is 3.39. The summed E-state index contributed by atoms with van der Waals surface area (Å²) in [4.78, 5) is 4.25. The molecule has 0 aliphatic carbocycles. The third-order valence-corrected chi connectivity index (χ3v) is 3.88. The van der Waals surface area contributed by atoms with Crippen molar-refractivity contribution in [2.24, 2.45) is 0 Å². The SMILES string of the molecule is Clc1nnc(NCCc2nccs2)c2ccccc12. The maximum Gasteiger partial charge on any atom is 0.159 e. The van der Waals surface area contributed by atoms with Crippen LogP contribution in [-0.4, -0.2) is 21.7 Å². The van der Waals surface area contributed by atoms with E-state index in [0.717, 1.165) is 34.6 Å². The number of thiazole rings is 1. The molecular weight excluding hydrogens is 280 g/mol. The van der Waals surface area contributed by atoms with Crippen LogP contribution in [0.25, 0.3) is 10.8 Å². The van der Waals surface area contributed by atoms with Gasteiger partial charge in [0.2, 0.25) is 0 Å². The third-order valence-electron chi connectivity index (χ3n) is 2.76. The predicted molar refractivity (Wildman–Crippen MR) is 78.9 cm³/mol. The minimum atomic E-state index is 0.432. The summed E-state index contributed by atoms with van der Waals surface area (Å²) in [5, 5.41) is 16.8. The Morgan fingerprint density at radius 2 is 2.00 bits per heavy atom. The third kappa shape index (κ3) is 2.67. The molecule has 96 valence electrons. The van der Waals surface area contributed by atoms with Gasteiger partial charge in [0, 0.05) is 35.3 Å². The fraction of sp³-hybridized carbons (Fsp3) is 0.154. The zero-order chi connectivity index (χ0) is 13.1. The van der Waals surface area contributed by atoms with Crippen molar-refractivity contribution in [3.63, 3.8) is 0 Å². The lowest BCUT2D eigenvalue weighted by Gasteiger charge is -2.07. The quantitative estimate of drug-likeness (QED) is 0.800. The molecule has 0 saturated carbocycles. The Hall–Kier alpha value is -1.72. The molecule has 19 heavy (non-hydrogen) atoms. The number of hydrogen-bond acceptors (Lipinski definition) is 5. The second-order valence-corrected chi connectivity index (χ2v) is 5.32. The standard InChI is InChI=1S/C13H11ClN4S/c14-12-9-3-1-2-4-10(9)13(18-17-12)16-6-5-11-15-7-8-19-11/h1-4,7-8H,5-6H2,(H,16,18). The van der Waals surface area contributed by atoms with Gasteiger partial charge in [0.15, 0.2) is 11.0 Å². The van der Waals surface area contributed by atoms with Gasteiger partial charge in [0.1, 0.15) is 0 Å². The summed E-state index contributed by atoms with van der Waals surface area (Å²) in [5.41, 5.74) is 0. The highest BCUT2D eigenvalue weighted by Gasteiger charge is 2.06. The molecule has 6 heteroatoms. The average molecular weight is 291 g/mol. The highest BCUT2D eigenvalue weighted by Crippen LogP contribution is 2.25. The smallest absolute Gasteiger partial charge is 0.159 e. The van der Waals surface area contributed by atoms with Crippen molar-refractivity contribution >= 4 is 39.5 Å². The van der Waals surface area contributed by atoms with Gasteiger partial charge in [-0.05, 0) is 0 Å². The van der Waals surface area contributed by atoms with Crippen molar-refractivity contribution in [2.45, 2.75) is 6.42 Å². The van der Waals surface area contributed by atoms with Crippen molar-refractivity contribution in [1.29, 1.82) is 0 Å². The molecular formula is C13H11ClN4S. The molecule has 3 aromatic rings. The summed E-state index contributed by atoms with van der Waals surface area (Å²) >= 11 is 7.69. The number of rotatable bonds is 4. The normalized spacial score (nSPS) is 10.8. The van der Waals surface area contributed by atoms with E-state index in [9.17, 15) is 0 Å². The summed E-state index contributed by atoms with van der Waals surface area (Å²) < 4.78 is 0. The lowest BCUT2D eigenvalue weighted by atomic mass is 10.2. The Morgan fingerprint density at radius 3 is 2.79 bits per heavy atom. The van der Waals surface area contributed by atoms with E-state index in [1.54, 1.807) is 11.3 Å². The molecule has 0 bridgehead atoms. The van der Waals surface area contributed by atoms with E-state index in [1.807, 2.05) is 35.8 Å². The molecule has 0 aliphatic heterocycles. The van der Waals surface area contributed by atoms with Crippen molar-refractivity contribution in [1.82, 2.24) is 15.2 Å². The van der Waals surface area contributed by atoms with Crippen molar-refractivity contribution in [3.8, 4) is 0 Å². The van der Waals surface area contributed by atoms with Gasteiger partial charge in [-0.15, -0.1) is 21.5 Å². The summed E-state index contributed by atoms with van der Waals surface area (Å²) in [6, 6.07) is 7.83. The van der Waals surface area contributed by atoms with Crippen LogP contribution in [0.3, 0.4) is 0 Å². The molecule has 0 radical (unpaired) electrons. The highest BCUT2D eigenvalue weighted by atomic mass is 35.5. The van der Waals surface area contributed by atoms with Crippen molar-refractivity contribution in [3.05, 3.63) is 46.0 Å². The molecule has 0 spiro atoms. The maximum absolute atomic E-state index is 6.03. The lowest BCUT2D eigenvalue weighted by Crippen LogP contribution is -2.07. The van der Waals surface area contributed by atoms with E-state index >= 15 is 0 Å². The van der Waals surface area contributed by atoms with Gasteiger partial charge in [-0.3, -0.25) is 0 Å². The minimum Gasteiger partial charge on any atom is -0.368 e. The van der Waals surface area contributed by atoms with E-state index in [1.165, 1.54) is 0 Å². The summed E-state index contributed by atoms with van der Waals surface area (Å²) in [6.45, 7) is 0.772. The number of benzene rings is 1. The number of fused-ring (bicyclic) bond motifs is 1. The lowest BCUT2D eigenvalue weighted by molar-refractivity contribution is 0.966. The number of aromatic nitrogens is 3. The Balaban J connectivity index is 1.79. The fourth-order valence-corrected chi connectivity index (χ4v) is 2.69. The Kier molecular flexibility index (Phi) is 3.57. The number of nitrogens with zero attached hydrogens (tertiary/aromatic N) is 3. The van der Waals surface area contributed by atoms with Gasteiger partial charge in [0.05, 0.1) is 5.01 Å². The van der Waals surface area contributed by atoms with Gasteiger partial charge in [-0.1, -0.05) is 35.9 Å². The van der Waals surface area contributed by atoms with Crippen LogP contribution in [0.1, 0.15) is 5.01 Å². The molecule has 2 heterocycles. The first-order chi connectivity index (χ1) is 9.34. The van der Waals surface area contributed by atoms with E-state index in [2.05, 4.69) is 20.5 Å². The number of anilines is 1.